The monoisotopic (exact) mass is 584 g/mol. The van der Waals surface area contributed by atoms with E-state index in [0.29, 0.717) is 51.0 Å². The van der Waals surface area contributed by atoms with Crippen LogP contribution in [0.1, 0.15) is 61.0 Å². The van der Waals surface area contributed by atoms with E-state index < -0.39 is 11.8 Å². The molecule has 196 valence electrons. The van der Waals surface area contributed by atoms with Gasteiger partial charge in [0.1, 0.15) is 5.76 Å². The number of rotatable bonds is 5. The molecule has 1 aromatic heterocycles. The van der Waals surface area contributed by atoms with Gasteiger partial charge in [0.2, 0.25) is 0 Å². The van der Waals surface area contributed by atoms with Gasteiger partial charge in [0.25, 0.3) is 11.8 Å². The molecule has 39 heavy (non-hydrogen) atoms. The van der Waals surface area contributed by atoms with Crippen LogP contribution in [-0.4, -0.2) is 23.4 Å². The largest absolute Gasteiger partial charge is 0.455 e. The van der Waals surface area contributed by atoms with Gasteiger partial charge in [-0.15, -0.1) is 0 Å². The van der Waals surface area contributed by atoms with E-state index in [1.165, 1.54) is 0 Å². The predicted octanol–water partition coefficient (Wildman–Crippen LogP) is 5.56. The van der Waals surface area contributed by atoms with Gasteiger partial charge in [-0.3, -0.25) is 25.2 Å². The molecule has 1 aliphatic rings. The van der Waals surface area contributed by atoms with Crippen LogP contribution in [0.25, 0.3) is 11.1 Å². The number of nitrogens with one attached hydrogen (secondary N) is 3. The number of nitrogens with zero attached hydrogens (tertiary/aromatic N) is 1. The van der Waals surface area contributed by atoms with Gasteiger partial charge in [-0.05, 0) is 71.1 Å². The summed E-state index contributed by atoms with van der Waals surface area (Å²) in [5.74, 6) is -0.662. The van der Waals surface area contributed by atoms with Crippen molar-refractivity contribution in [3.63, 3.8) is 0 Å². The molecule has 3 N–H and O–H groups in total. The Labute approximate surface area is 233 Å². The van der Waals surface area contributed by atoms with Gasteiger partial charge in [0.15, 0.2) is 5.76 Å². The van der Waals surface area contributed by atoms with Gasteiger partial charge < -0.3 is 4.42 Å². The fraction of sp³-hybridized carbons (Fsp3) is 0.133. The number of fused-ring (bicyclic) bond motifs is 1. The Morgan fingerprint density at radius 2 is 1.46 bits per heavy atom. The van der Waals surface area contributed by atoms with E-state index in [1.807, 2.05) is 42.5 Å². The molecule has 0 aliphatic heterocycles. The summed E-state index contributed by atoms with van der Waals surface area (Å²) in [6, 6.07) is 24.1. The van der Waals surface area contributed by atoms with Crippen molar-refractivity contribution >= 4 is 39.4 Å². The van der Waals surface area contributed by atoms with E-state index in [9.17, 15) is 14.4 Å². The number of hydrazone groups is 1. The predicted molar refractivity (Wildman–Crippen MR) is 151 cm³/mol. The minimum Gasteiger partial charge on any atom is -0.455 e. The third-order valence-electron chi connectivity index (χ3n) is 6.49. The normalized spacial score (nSPS) is 13.4. The van der Waals surface area contributed by atoms with Gasteiger partial charge in [0.05, 0.1) is 11.3 Å². The molecule has 0 spiro atoms. The fourth-order valence-corrected chi connectivity index (χ4v) is 4.97. The molecule has 0 unspecified atom stereocenters. The zero-order chi connectivity index (χ0) is 27.4. The zero-order valence-electron chi connectivity index (χ0n) is 21.1. The van der Waals surface area contributed by atoms with E-state index in [0.717, 1.165) is 17.5 Å². The lowest BCUT2D eigenvalue weighted by Gasteiger charge is -2.13. The lowest BCUT2D eigenvalue weighted by molar-refractivity contribution is 0.0829. The van der Waals surface area contributed by atoms with Crippen LogP contribution in [0.3, 0.4) is 0 Å². The van der Waals surface area contributed by atoms with Gasteiger partial charge in [-0.2, -0.15) is 5.10 Å². The minimum atomic E-state index is -0.579. The molecule has 8 nitrogen and oxygen atoms in total. The van der Waals surface area contributed by atoms with E-state index in [4.69, 9.17) is 4.42 Å². The lowest BCUT2D eigenvalue weighted by Crippen LogP contribution is -2.41. The molecule has 0 fully saturated rings. The van der Waals surface area contributed by atoms with Crippen molar-refractivity contribution in [1.82, 2.24) is 16.3 Å². The minimum absolute atomic E-state index is 0.0878. The van der Waals surface area contributed by atoms with Crippen LogP contribution < -0.4 is 16.3 Å². The number of amides is 3. The SMILES string of the molecule is Cc1c(C(=O)NNC(=O)c2ccccc2Br)oc2c1/C(=N/NC(=O)c1ccc(-c3ccccc3)cc1)CCC2. The van der Waals surface area contributed by atoms with Crippen molar-refractivity contribution in [2.24, 2.45) is 5.10 Å². The first-order valence-electron chi connectivity index (χ1n) is 12.4. The van der Waals surface area contributed by atoms with E-state index in [2.05, 4.69) is 37.3 Å². The Balaban J connectivity index is 1.27. The molecule has 0 atom stereocenters. The number of carbonyl (C=O) groups is 3. The molecule has 0 saturated heterocycles. The molecule has 5 rings (SSSR count). The number of furan rings is 1. The number of aryl methyl sites for hydroxylation is 1. The number of carbonyl (C=O) groups excluding carboxylic acids is 3. The maximum atomic E-state index is 12.9. The van der Waals surface area contributed by atoms with E-state index in [1.54, 1.807) is 43.3 Å². The highest BCUT2D eigenvalue weighted by Gasteiger charge is 2.28. The number of hydrogen-bond acceptors (Lipinski definition) is 5. The van der Waals surface area contributed by atoms with Gasteiger partial charge in [-0.1, -0.05) is 54.6 Å². The molecule has 1 aliphatic carbocycles. The second kappa shape index (κ2) is 11.5. The van der Waals surface area contributed by atoms with Crippen molar-refractivity contribution in [3.8, 4) is 11.1 Å². The molecular weight excluding hydrogens is 560 g/mol. The van der Waals surface area contributed by atoms with Gasteiger partial charge >= 0.3 is 5.91 Å². The first-order chi connectivity index (χ1) is 18.9. The Bertz CT molecular complexity index is 1580. The van der Waals surface area contributed by atoms with Crippen molar-refractivity contribution in [2.75, 3.05) is 0 Å². The molecule has 0 saturated carbocycles. The average molecular weight is 585 g/mol. The van der Waals surface area contributed by atoms with Crippen molar-refractivity contribution < 1.29 is 18.8 Å². The quantitative estimate of drug-likeness (QED) is 0.266. The maximum absolute atomic E-state index is 12.9. The first-order valence-corrected chi connectivity index (χ1v) is 13.2. The summed E-state index contributed by atoms with van der Waals surface area (Å²) in [5.41, 5.74) is 12.4. The first kappa shape index (κ1) is 26.1. The molecule has 0 bridgehead atoms. The van der Waals surface area contributed by atoms with Crippen molar-refractivity contribution in [1.29, 1.82) is 0 Å². The lowest BCUT2D eigenvalue weighted by atomic mass is 9.93. The number of hydrazine groups is 1. The average Bonchev–Trinajstić information content (AvgIpc) is 3.32. The fourth-order valence-electron chi connectivity index (χ4n) is 4.51. The molecule has 3 amide bonds. The highest BCUT2D eigenvalue weighted by molar-refractivity contribution is 9.10. The van der Waals surface area contributed by atoms with Crippen LogP contribution in [0.2, 0.25) is 0 Å². The Morgan fingerprint density at radius 3 is 2.21 bits per heavy atom. The number of benzene rings is 3. The van der Waals surface area contributed by atoms with Crippen LogP contribution in [0.4, 0.5) is 0 Å². The van der Waals surface area contributed by atoms with Crippen LogP contribution in [-0.2, 0) is 6.42 Å². The summed E-state index contributed by atoms with van der Waals surface area (Å²) in [6.07, 6.45) is 2.03. The summed E-state index contributed by atoms with van der Waals surface area (Å²) in [7, 11) is 0. The van der Waals surface area contributed by atoms with Crippen molar-refractivity contribution in [3.05, 3.63) is 117 Å². The van der Waals surface area contributed by atoms with Gasteiger partial charge in [0, 0.05) is 27.6 Å². The molecule has 3 aromatic carbocycles. The summed E-state index contributed by atoms with van der Waals surface area (Å²) in [6.45, 7) is 1.76. The zero-order valence-corrected chi connectivity index (χ0v) is 22.7. The Kier molecular flexibility index (Phi) is 7.69. The Hall–Kier alpha value is -4.50. The third kappa shape index (κ3) is 5.68. The standard InChI is InChI=1S/C30H25BrN4O4/c1-18-26-24(32-33-28(36)21-16-14-20(15-17-21)19-8-3-2-4-9-19)12-7-13-25(26)39-27(18)30(38)35-34-29(37)22-10-5-6-11-23(22)31/h2-6,8-11,14-17H,7,12-13H2,1H3,(H,33,36)(H,34,37)(H,35,38)/b32-24+. The smallest absolute Gasteiger partial charge is 0.305 e. The summed E-state index contributed by atoms with van der Waals surface area (Å²) < 4.78 is 6.48. The highest BCUT2D eigenvalue weighted by Crippen LogP contribution is 2.30. The molecule has 1 heterocycles. The third-order valence-corrected chi connectivity index (χ3v) is 7.18. The molecule has 9 heteroatoms. The van der Waals surface area contributed by atoms with Crippen LogP contribution in [0.5, 0.6) is 0 Å². The second-order valence-corrected chi connectivity index (χ2v) is 9.89. The van der Waals surface area contributed by atoms with Gasteiger partial charge in [-0.25, -0.2) is 5.43 Å². The molecule has 4 aromatic rings. The topological polar surface area (TPSA) is 113 Å². The molecular formula is C30H25BrN4O4. The number of halogens is 1. The second-order valence-electron chi connectivity index (χ2n) is 9.04. The maximum Gasteiger partial charge on any atom is 0.305 e. The summed E-state index contributed by atoms with van der Waals surface area (Å²) in [4.78, 5) is 38.1. The van der Waals surface area contributed by atoms with Crippen LogP contribution in [0.15, 0.2) is 92.9 Å². The highest BCUT2D eigenvalue weighted by atomic mass is 79.9. The number of hydrogen-bond donors (Lipinski definition) is 3. The summed E-state index contributed by atoms with van der Waals surface area (Å²) >= 11 is 3.32. The summed E-state index contributed by atoms with van der Waals surface area (Å²) in [5, 5.41) is 4.39. The van der Waals surface area contributed by atoms with Crippen LogP contribution >= 0.6 is 15.9 Å². The van der Waals surface area contributed by atoms with Crippen molar-refractivity contribution in [2.45, 2.75) is 26.2 Å². The van der Waals surface area contributed by atoms with Crippen LogP contribution in [0, 0.1) is 6.92 Å². The van der Waals surface area contributed by atoms with E-state index >= 15 is 0 Å². The Morgan fingerprint density at radius 1 is 0.795 bits per heavy atom. The van der Waals surface area contributed by atoms with E-state index in [-0.39, 0.29) is 11.7 Å². The molecule has 0 radical (unpaired) electrons.